The van der Waals surface area contributed by atoms with Crippen molar-refractivity contribution in [3.63, 3.8) is 0 Å². The van der Waals surface area contributed by atoms with E-state index in [2.05, 4.69) is 29.7 Å². The zero-order valence-corrected chi connectivity index (χ0v) is 17.0. The lowest BCUT2D eigenvalue weighted by Crippen LogP contribution is -1.96. The number of nitriles is 2. The predicted molar refractivity (Wildman–Crippen MR) is 118 cm³/mol. The van der Waals surface area contributed by atoms with Gasteiger partial charge in [0.05, 0.1) is 0 Å². The highest BCUT2D eigenvalue weighted by Gasteiger charge is 2.32. The molecule has 0 amide bonds. The second-order valence-corrected chi connectivity index (χ2v) is 7.37. The Morgan fingerprint density at radius 2 is 1.63 bits per heavy atom. The predicted octanol–water partition coefficient (Wildman–Crippen LogP) is 5.51. The smallest absolute Gasteiger partial charge is 0.194 e. The van der Waals surface area contributed by atoms with Gasteiger partial charge < -0.3 is 4.57 Å². The van der Waals surface area contributed by atoms with E-state index in [4.69, 9.17) is 0 Å². The Hall–Kier alpha value is -4.15. The van der Waals surface area contributed by atoms with E-state index >= 15 is 0 Å². The van der Waals surface area contributed by atoms with E-state index in [0.717, 1.165) is 27.7 Å². The maximum Gasteiger partial charge on any atom is 0.194 e. The highest BCUT2D eigenvalue weighted by Crippen LogP contribution is 2.39. The molecule has 144 valence electrons. The fourth-order valence-corrected chi connectivity index (χ4v) is 4.08. The third-order valence-electron chi connectivity index (χ3n) is 5.62. The topological polar surface area (TPSA) is 69.6 Å². The van der Waals surface area contributed by atoms with Gasteiger partial charge in [0.25, 0.3) is 0 Å². The summed E-state index contributed by atoms with van der Waals surface area (Å²) in [4.78, 5) is 13.1. The molecule has 0 saturated carbocycles. The molecular weight excluding hydrogens is 370 g/mol. The molecule has 4 heteroatoms. The number of hydrogen-bond donors (Lipinski definition) is 0. The summed E-state index contributed by atoms with van der Waals surface area (Å²) >= 11 is 0. The SMILES string of the molecule is CC(/C=C1\C(=O)c2ccccc2C1=C(C#N)C#N)=C\c1c(C)n(C)c2ccccc12. The zero-order chi connectivity index (χ0) is 21.4. The molecule has 2 aromatic carbocycles. The molecule has 1 heterocycles. The summed E-state index contributed by atoms with van der Waals surface area (Å²) in [6, 6.07) is 19.2. The van der Waals surface area contributed by atoms with Crippen LogP contribution in [-0.4, -0.2) is 10.4 Å². The maximum absolute atomic E-state index is 13.1. The van der Waals surface area contributed by atoms with E-state index in [1.807, 2.05) is 44.3 Å². The first-order valence-electron chi connectivity index (χ1n) is 9.61. The van der Waals surface area contributed by atoms with Gasteiger partial charge in [0.2, 0.25) is 0 Å². The van der Waals surface area contributed by atoms with E-state index in [9.17, 15) is 15.3 Å². The number of Topliss-reactive ketones (excluding diaryl/α,β-unsaturated/α-hetero) is 1. The number of nitrogens with zero attached hydrogens (tertiary/aromatic N) is 3. The van der Waals surface area contributed by atoms with Crippen molar-refractivity contribution in [2.75, 3.05) is 0 Å². The Balaban J connectivity index is 1.91. The van der Waals surface area contributed by atoms with Crippen LogP contribution in [-0.2, 0) is 7.05 Å². The summed E-state index contributed by atoms with van der Waals surface area (Å²) in [5.41, 5.74) is 6.16. The number of carbonyl (C=O) groups excluding carboxylic acids is 1. The molecule has 0 bridgehead atoms. The lowest BCUT2D eigenvalue weighted by atomic mass is 9.97. The minimum absolute atomic E-state index is 0.0475. The number of para-hydroxylation sites is 1. The number of hydrogen-bond acceptors (Lipinski definition) is 3. The van der Waals surface area contributed by atoms with Crippen molar-refractivity contribution >= 4 is 28.3 Å². The number of carbonyl (C=O) groups is 1. The summed E-state index contributed by atoms with van der Waals surface area (Å²) in [7, 11) is 2.03. The normalized spacial score (nSPS) is 14.7. The van der Waals surface area contributed by atoms with Crippen molar-refractivity contribution in [3.05, 3.63) is 93.7 Å². The van der Waals surface area contributed by atoms with E-state index in [0.29, 0.717) is 22.3 Å². The first-order chi connectivity index (χ1) is 14.5. The molecule has 1 aliphatic carbocycles. The molecule has 0 radical (unpaired) electrons. The minimum atomic E-state index is -0.161. The fraction of sp³-hybridized carbons (Fsp3) is 0.115. The van der Waals surface area contributed by atoms with E-state index < -0.39 is 0 Å². The Bertz CT molecular complexity index is 1380. The van der Waals surface area contributed by atoms with Gasteiger partial charge in [-0.05, 0) is 43.2 Å². The Labute approximate surface area is 175 Å². The average Bonchev–Trinajstić information content (AvgIpc) is 3.17. The monoisotopic (exact) mass is 389 g/mol. The van der Waals surface area contributed by atoms with Crippen LogP contribution in [0.3, 0.4) is 0 Å². The highest BCUT2D eigenvalue weighted by atomic mass is 16.1. The van der Waals surface area contributed by atoms with Crippen molar-refractivity contribution in [2.45, 2.75) is 13.8 Å². The second-order valence-electron chi connectivity index (χ2n) is 7.37. The van der Waals surface area contributed by atoms with Crippen molar-refractivity contribution in [1.29, 1.82) is 10.5 Å². The highest BCUT2D eigenvalue weighted by molar-refractivity contribution is 6.28. The van der Waals surface area contributed by atoms with Gasteiger partial charge in [0.15, 0.2) is 5.78 Å². The molecule has 4 nitrogen and oxygen atoms in total. The number of aryl methyl sites for hydroxylation is 1. The Morgan fingerprint density at radius 1 is 1.00 bits per heavy atom. The molecule has 0 aliphatic heterocycles. The summed E-state index contributed by atoms with van der Waals surface area (Å²) < 4.78 is 2.15. The molecule has 0 saturated heterocycles. The standard InChI is InChI=1S/C26H19N3O/c1-16(12-22-17(2)29(3)24-11-7-6-8-19(22)24)13-23-25(18(14-27)15-28)20-9-4-5-10-21(20)26(23)30/h4-13H,1-3H3/b16-12+,23-13-. The van der Waals surface area contributed by atoms with Gasteiger partial charge in [0.1, 0.15) is 17.7 Å². The Kier molecular flexibility index (Phi) is 4.70. The van der Waals surface area contributed by atoms with Crippen LogP contribution in [0.2, 0.25) is 0 Å². The number of rotatable bonds is 2. The first-order valence-corrected chi connectivity index (χ1v) is 9.61. The molecule has 3 aromatic rings. The van der Waals surface area contributed by atoms with Crippen LogP contribution >= 0.6 is 0 Å². The van der Waals surface area contributed by atoms with Gasteiger partial charge in [0, 0.05) is 45.9 Å². The molecule has 4 rings (SSSR count). The molecule has 30 heavy (non-hydrogen) atoms. The number of allylic oxidation sites excluding steroid dienone is 5. The third kappa shape index (κ3) is 2.87. The van der Waals surface area contributed by atoms with Crippen LogP contribution in [0.5, 0.6) is 0 Å². The minimum Gasteiger partial charge on any atom is -0.347 e. The van der Waals surface area contributed by atoms with Gasteiger partial charge in [-0.3, -0.25) is 4.79 Å². The largest absolute Gasteiger partial charge is 0.347 e. The third-order valence-corrected chi connectivity index (χ3v) is 5.62. The summed E-state index contributed by atoms with van der Waals surface area (Å²) in [5, 5.41) is 20.1. The van der Waals surface area contributed by atoms with Gasteiger partial charge in [-0.2, -0.15) is 10.5 Å². The molecule has 1 aliphatic rings. The molecule has 1 aromatic heterocycles. The van der Waals surface area contributed by atoms with Gasteiger partial charge >= 0.3 is 0 Å². The van der Waals surface area contributed by atoms with Gasteiger partial charge in [-0.15, -0.1) is 0 Å². The molecule has 0 fully saturated rings. The van der Waals surface area contributed by atoms with Gasteiger partial charge in [-0.25, -0.2) is 0 Å². The Morgan fingerprint density at radius 3 is 2.33 bits per heavy atom. The fourth-order valence-electron chi connectivity index (χ4n) is 4.08. The lowest BCUT2D eigenvalue weighted by Gasteiger charge is -2.03. The van der Waals surface area contributed by atoms with Crippen molar-refractivity contribution in [1.82, 2.24) is 4.57 Å². The molecular formula is C26H19N3O. The van der Waals surface area contributed by atoms with Crippen LogP contribution in [0.25, 0.3) is 22.6 Å². The van der Waals surface area contributed by atoms with Crippen LogP contribution in [0.4, 0.5) is 0 Å². The van der Waals surface area contributed by atoms with E-state index in [1.165, 1.54) is 0 Å². The maximum atomic E-state index is 13.1. The molecule has 0 atom stereocenters. The summed E-state index contributed by atoms with van der Waals surface area (Å²) in [6.07, 6.45) is 3.84. The van der Waals surface area contributed by atoms with Crippen LogP contribution < -0.4 is 0 Å². The second kappa shape index (κ2) is 7.35. The van der Waals surface area contributed by atoms with E-state index in [-0.39, 0.29) is 11.4 Å². The van der Waals surface area contributed by atoms with E-state index in [1.54, 1.807) is 24.3 Å². The molecule has 0 unspecified atom stereocenters. The van der Waals surface area contributed by atoms with Crippen molar-refractivity contribution < 1.29 is 4.79 Å². The average molecular weight is 389 g/mol. The first kappa shape index (κ1) is 19.2. The van der Waals surface area contributed by atoms with Crippen LogP contribution in [0.15, 0.2) is 71.3 Å². The molecule has 0 N–H and O–H groups in total. The number of benzene rings is 2. The number of fused-ring (bicyclic) bond motifs is 2. The number of aromatic nitrogens is 1. The van der Waals surface area contributed by atoms with Crippen molar-refractivity contribution in [3.8, 4) is 12.1 Å². The quantitative estimate of drug-likeness (QED) is 0.428. The van der Waals surface area contributed by atoms with Gasteiger partial charge in [-0.1, -0.05) is 42.5 Å². The summed E-state index contributed by atoms with van der Waals surface area (Å²) in [6.45, 7) is 4.00. The summed E-state index contributed by atoms with van der Waals surface area (Å²) in [5.74, 6) is -0.161. The van der Waals surface area contributed by atoms with Crippen LogP contribution in [0, 0.1) is 29.6 Å². The number of ketones is 1. The molecule has 0 spiro atoms. The van der Waals surface area contributed by atoms with Crippen molar-refractivity contribution in [2.24, 2.45) is 7.05 Å². The zero-order valence-electron chi connectivity index (χ0n) is 17.0. The van der Waals surface area contributed by atoms with Crippen LogP contribution in [0.1, 0.15) is 34.1 Å². The lowest BCUT2D eigenvalue weighted by molar-refractivity contribution is 0.104.